The van der Waals surface area contributed by atoms with E-state index in [4.69, 9.17) is 9.84 Å². The number of halogens is 1. The first kappa shape index (κ1) is 22.7. The van der Waals surface area contributed by atoms with E-state index >= 15 is 0 Å². The van der Waals surface area contributed by atoms with Crippen molar-refractivity contribution in [3.63, 3.8) is 0 Å². The zero-order valence-corrected chi connectivity index (χ0v) is 18.8. The maximum Gasteiger partial charge on any atom is 0.308 e. The summed E-state index contributed by atoms with van der Waals surface area (Å²) >= 11 is 0. The summed E-state index contributed by atoms with van der Waals surface area (Å²) in [5, 5.41) is 9.05. The van der Waals surface area contributed by atoms with Crippen LogP contribution in [0.5, 0.6) is 5.75 Å². The molecule has 4 nitrogen and oxygen atoms in total. The van der Waals surface area contributed by atoms with Gasteiger partial charge in [-0.25, -0.2) is 4.39 Å². The Balaban J connectivity index is 1.71. The van der Waals surface area contributed by atoms with Crippen molar-refractivity contribution in [1.82, 2.24) is 0 Å². The molecule has 0 saturated heterocycles. The van der Waals surface area contributed by atoms with Crippen molar-refractivity contribution in [3.05, 3.63) is 100 Å². The third-order valence-electron chi connectivity index (χ3n) is 6.65. The van der Waals surface area contributed by atoms with E-state index in [-0.39, 0.29) is 36.0 Å². The van der Waals surface area contributed by atoms with Crippen LogP contribution < -0.4 is 4.74 Å². The Hall–Kier alpha value is -3.47. The van der Waals surface area contributed by atoms with Crippen LogP contribution in [-0.2, 0) is 28.9 Å². The van der Waals surface area contributed by atoms with Crippen LogP contribution in [0.25, 0.3) is 0 Å². The molecule has 5 heteroatoms. The first-order valence-electron chi connectivity index (χ1n) is 11.2. The molecule has 4 rings (SSSR count). The van der Waals surface area contributed by atoms with Crippen molar-refractivity contribution in [1.29, 1.82) is 0 Å². The fourth-order valence-electron chi connectivity index (χ4n) is 5.00. The van der Waals surface area contributed by atoms with Crippen LogP contribution in [0.1, 0.15) is 53.5 Å². The quantitative estimate of drug-likeness (QED) is 0.391. The molecule has 170 valence electrons. The summed E-state index contributed by atoms with van der Waals surface area (Å²) in [4.78, 5) is 22.5. The lowest BCUT2D eigenvalue weighted by atomic mass is 9.66. The highest BCUT2D eigenvalue weighted by Crippen LogP contribution is 2.47. The van der Waals surface area contributed by atoms with Crippen LogP contribution in [-0.4, -0.2) is 17.0 Å². The zero-order chi connectivity index (χ0) is 23.5. The standard InChI is InChI=1S/C28H27FO4/c1-17-24(20-9-7-19(8-10-20)13-28(31)32)14-21-11-12-23(33-18(2)30)16-26(21)25(17)15-22-5-3-4-6-27(22)29/h3-12,16-17,24-25H,13-15H2,1-2H3,(H,31,32). The van der Waals surface area contributed by atoms with Crippen molar-refractivity contribution in [3.8, 4) is 5.75 Å². The fourth-order valence-corrected chi connectivity index (χ4v) is 5.00. The second-order valence-electron chi connectivity index (χ2n) is 8.84. The fraction of sp³-hybridized carbons (Fsp3) is 0.286. The average Bonchev–Trinajstić information content (AvgIpc) is 2.77. The normalized spacial score (nSPS) is 19.5. The van der Waals surface area contributed by atoms with E-state index in [9.17, 15) is 14.0 Å². The second kappa shape index (κ2) is 9.57. The topological polar surface area (TPSA) is 63.6 Å². The lowest BCUT2D eigenvalue weighted by Gasteiger charge is -2.38. The number of benzene rings is 3. The molecule has 0 radical (unpaired) electrons. The molecule has 33 heavy (non-hydrogen) atoms. The zero-order valence-electron chi connectivity index (χ0n) is 18.8. The molecule has 1 N–H and O–H groups in total. The molecule has 3 aromatic carbocycles. The molecule has 1 aliphatic carbocycles. The minimum Gasteiger partial charge on any atom is -0.481 e. The van der Waals surface area contributed by atoms with Gasteiger partial charge >= 0.3 is 11.9 Å². The van der Waals surface area contributed by atoms with Gasteiger partial charge in [0.25, 0.3) is 0 Å². The Morgan fingerprint density at radius 3 is 2.45 bits per heavy atom. The van der Waals surface area contributed by atoms with E-state index < -0.39 is 5.97 Å². The summed E-state index contributed by atoms with van der Waals surface area (Å²) in [6, 6.07) is 20.4. The molecule has 3 atom stereocenters. The number of carboxylic acid groups (broad SMARTS) is 1. The number of hydrogen-bond acceptors (Lipinski definition) is 3. The number of rotatable bonds is 6. The van der Waals surface area contributed by atoms with Gasteiger partial charge in [-0.3, -0.25) is 9.59 Å². The van der Waals surface area contributed by atoms with Crippen LogP contribution in [0, 0.1) is 11.7 Å². The lowest BCUT2D eigenvalue weighted by Crippen LogP contribution is -2.28. The number of esters is 1. The molecular weight excluding hydrogens is 419 g/mol. The third-order valence-corrected chi connectivity index (χ3v) is 6.65. The van der Waals surface area contributed by atoms with Crippen LogP contribution >= 0.6 is 0 Å². The molecule has 0 aromatic heterocycles. The van der Waals surface area contributed by atoms with Gasteiger partial charge in [0.15, 0.2) is 0 Å². The van der Waals surface area contributed by atoms with E-state index in [2.05, 4.69) is 6.92 Å². The van der Waals surface area contributed by atoms with E-state index in [1.807, 2.05) is 54.6 Å². The Bertz CT molecular complexity index is 1170. The number of aliphatic carboxylic acids is 1. The van der Waals surface area contributed by atoms with Gasteiger partial charge in [-0.1, -0.05) is 55.5 Å². The van der Waals surface area contributed by atoms with Gasteiger partial charge in [-0.2, -0.15) is 0 Å². The second-order valence-corrected chi connectivity index (χ2v) is 8.84. The Labute approximate surface area is 193 Å². The molecular formula is C28H27FO4. The molecule has 0 aliphatic heterocycles. The number of carboxylic acids is 1. The van der Waals surface area contributed by atoms with Crippen molar-refractivity contribution in [2.24, 2.45) is 5.92 Å². The van der Waals surface area contributed by atoms with Gasteiger partial charge in [-0.15, -0.1) is 0 Å². The Morgan fingerprint density at radius 1 is 1.06 bits per heavy atom. The van der Waals surface area contributed by atoms with Gasteiger partial charge in [0, 0.05) is 6.92 Å². The maximum absolute atomic E-state index is 14.6. The van der Waals surface area contributed by atoms with Crippen molar-refractivity contribution < 1.29 is 23.8 Å². The molecule has 3 aromatic rings. The number of carbonyl (C=O) groups is 2. The van der Waals surface area contributed by atoms with Gasteiger partial charge in [0.2, 0.25) is 0 Å². The van der Waals surface area contributed by atoms with Gasteiger partial charge in [0.1, 0.15) is 11.6 Å². The van der Waals surface area contributed by atoms with E-state index in [1.165, 1.54) is 13.0 Å². The van der Waals surface area contributed by atoms with Crippen molar-refractivity contribution in [2.45, 2.75) is 44.9 Å². The molecule has 0 fully saturated rings. The van der Waals surface area contributed by atoms with E-state index in [1.54, 1.807) is 6.07 Å². The summed E-state index contributed by atoms with van der Waals surface area (Å²) in [7, 11) is 0. The lowest BCUT2D eigenvalue weighted by molar-refractivity contribution is -0.136. The van der Waals surface area contributed by atoms with E-state index in [0.29, 0.717) is 17.7 Å². The summed E-state index contributed by atoms with van der Waals surface area (Å²) in [6.45, 7) is 3.56. The van der Waals surface area contributed by atoms with Gasteiger partial charge in [-0.05, 0) is 76.6 Å². The summed E-state index contributed by atoms with van der Waals surface area (Å²) in [6.07, 6.45) is 1.35. The third kappa shape index (κ3) is 5.14. The highest BCUT2D eigenvalue weighted by atomic mass is 19.1. The maximum atomic E-state index is 14.6. The van der Waals surface area contributed by atoms with Crippen LogP contribution in [0.3, 0.4) is 0 Å². The number of carbonyl (C=O) groups excluding carboxylic acids is 1. The molecule has 0 saturated carbocycles. The molecule has 0 bridgehead atoms. The van der Waals surface area contributed by atoms with Crippen molar-refractivity contribution in [2.75, 3.05) is 0 Å². The predicted octanol–water partition coefficient (Wildman–Crippen LogP) is 5.68. The van der Waals surface area contributed by atoms with E-state index in [0.717, 1.165) is 28.7 Å². The number of fused-ring (bicyclic) bond motifs is 1. The summed E-state index contributed by atoms with van der Waals surface area (Å²) in [5.41, 5.74) is 4.82. The Morgan fingerprint density at radius 2 is 1.79 bits per heavy atom. The predicted molar refractivity (Wildman–Crippen MR) is 124 cm³/mol. The smallest absolute Gasteiger partial charge is 0.308 e. The molecule has 0 amide bonds. The van der Waals surface area contributed by atoms with Crippen LogP contribution in [0.2, 0.25) is 0 Å². The molecule has 1 aliphatic rings. The highest BCUT2D eigenvalue weighted by Gasteiger charge is 2.35. The average molecular weight is 447 g/mol. The number of ether oxygens (including phenoxy) is 1. The van der Waals surface area contributed by atoms with Gasteiger partial charge < -0.3 is 9.84 Å². The summed E-state index contributed by atoms with van der Waals surface area (Å²) < 4.78 is 19.9. The monoisotopic (exact) mass is 446 g/mol. The molecule has 0 heterocycles. The first-order valence-corrected chi connectivity index (χ1v) is 11.2. The molecule has 3 unspecified atom stereocenters. The summed E-state index contributed by atoms with van der Waals surface area (Å²) in [5.74, 6) is -0.515. The highest BCUT2D eigenvalue weighted by molar-refractivity contribution is 5.70. The Kier molecular flexibility index (Phi) is 6.59. The first-order chi connectivity index (χ1) is 15.8. The SMILES string of the molecule is CC(=O)Oc1ccc2c(c1)C(Cc1ccccc1F)C(C)C(c1ccc(CC(=O)O)cc1)C2. The largest absolute Gasteiger partial charge is 0.481 e. The molecule has 0 spiro atoms. The minimum atomic E-state index is -0.851. The minimum absolute atomic E-state index is 0.00182. The van der Waals surface area contributed by atoms with Crippen LogP contribution in [0.4, 0.5) is 4.39 Å². The van der Waals surface area contributed by atoms with Gasteiger partial charge in [0.05, 0.1) is 6.42 Å². The number of hydrogen-bond donors (Lipinski definition) is 1. The van der Waals surface area contributed by atoms with Crippen molar-refractivity contribution >= 4 is 11.9 Å². The van der Waals surface area contributed by atoms with Crippen LogP contribution in [0.15, 0.2) is 66.7 Å².